The fraction of sp³-hybridized carbons (Fsp3) is 0.412. The number of hydrogen-bond acceptors (Lipinski definition) is 7. The first-order valence-electron chi connectivity index (χ1n) is 8.18. The zero-order valence-corrected chi connectivity index (χ0v) is 14.0. The minimum absolute atomic E-state index is 0.0986. The van der Waals surface area contributed by atoms with Crippen LogP contribution in [0.25, 0.3) is 0 Å². The lowest BCUT2D eigenvalue weighted by Crippen LogP contribution is -2.32. The fourth-order valence-electron chi connectivity index (χ4n) is 2.84. The first-order valence-corrected chi connectivity index (χ1v) is 8.18. The van der Waals surface area contributed by atoms with E-state index >= 15 is 0 Å². The second-order valence-corrected chi connectivity index (χ2v) is 6.20. The molecule has 3 rings (SSSR count). The van der Waals surface area contributed by atoms with Crippen LogP contribution in [0, 0.1) is 24.2 Å². The summed E-state index contributed by atoms with van der Waals surface area (Å²) in [5.74, 6) is 1.50. The standard InChI is InChI=1S/C17H20N6O2/c1-12-6-17(25-22-12)21-16(24)11-23-5-4-14(10-23)9-20-15-3-2-13(7-18)8-19-15/h2-3,6,8,14H,4-5,9-11H2,1H3,(H,19,20)(H,21,24)/t14-/m0/s1. The molecule has 0 radical (unpaired) electrons. The molecule has 2 aromatic rings. The Morgan fingerprint density at radius 1 is 1.52 bits per heavy atom. The van der Waals surface area contributed by atoms with Crippen LogP contribution in [0.3, 0.4) is 0 Å². The number of rotatable bonds is 6. The van der Waals surface area contributed by atoms with Crippen LogP contribution in [-0.2, 0) is 4.79 Å². The summed E-state index contributed by atoms with van der Waals surface area (Å²) in [5, 5.41) is 18.5. The molecule has 8 heteroatoms. The molecular weight excluding hydrogens is 320 g/mol. The number of carbonyl (C=O) groups is 1. The fourth-order valence-corrected chi connectivity index (χ4v) is 2.84. The summed E-state index contributed by atoms with van der Waals surface area (Å²) in [6.45, 7) is 4.67. The van der Waals surface area contributed by atoms with Gasteiger partial charge in [0.2, 0.25) is 11.8 Å². The van der Waals surface area contributed by atoms with Gasteiger partial charge in [0.15, 0.2) is 0 Å². The second-order valence-electron chi connectivity index (χ2n) is 6.20. The molecule has 1 fully saturated rings. The zero-order valence-electron chi connectivity index (χ0n) is 14.0. The Bertz CT molecular complexity index is 764. The Morgan fingerprint density at radius 2 is 2.40 bits per heavy atom. The number of anilines is 2. The summed E-state index contributed by atoms with van der Waals surface area (Å²) < 4.78 is 4.99. The highest BCUT2D eigenvalue weighted by molar-refractivity contribution is 5.90. The summed E-state index contributed by atoms with van der Waals surface area (Å²) in [5.41, 5.74) is 1.28. The molecule has 1 atom stereocenters. The molecule has 0 spiro atoms. The van der Waals surface area contributed by atoms with Crippen molar-refractivity contribution < 1.29 is 9.32 Å². The van der Waals surface area contributed by atoms with E-state index in [0.29, 0.717) is 23.9 Å². The van der Waals surface area contributed by atoms with E-state index in [-0.39, 0.29) is 5.91 Å². The van der Waals surface area contributed by atoms with Crippen molar-refractivity contribution in [3.63, 3.8) is 0 Å². The number of amides is 1. The Hall–Kier alpha value is -2.92. The van der Waals surface area contributed by atoms with E-state index in [4.69, 9.17) is 9.78 Å². The molecule has 1 aliphatic rings. The minimum Gasteiger partial charge on any atom is -0.370 e. The maximum Gasteiger partial charge on any atom is 0.240 e. The van der Waals surface area contributed by atoms with Crippen molar-refractivity contribution in [1.82, 2.24) is 15.0 Å². The number of aryl methyl sites for hydroxylation is 1. The third-order valence-electron chi connectivity index (χ3n) is 4.09. The molecule has 0 aliphatic carbocycles. The average molecular weight is 340 g/mol. The summed E-state index contributed by atoms with van der Waals surface area (Å²) in [6, 6.07) is 7.29. The van der Waals surface area contributed by atoms with Gasteiger partial charge in [-0.3, -0.25) is 15.0 Å². The molecule has 0 aromatic carbocycles. The molecule has 1 amide bonds. The molecule has 130 valence electrons. The van der Waals surface area contributed by atoms with E-state index in [9.17, 15) is 4.79 Å². The number of likely N-dealkylation sites (tertiary alicyclic amines) is 1. The van der Waals surface area contributed by atoms with Gasteiger partial charge >= 0.3 is 0 Å². The lowest BCUT2D eigenvalue weighted by molar-refractivity contribution is -0.117. The number of aromatic nitrogens is 2. The summed E-state index contributed by atoms with van der Waals surface area (Å²) in [4.78, 5) is 18.4. The lowest BCUT2D eigenvalue weighted by atomic mass is 10.1. The molecule has 2 aromatic heterocycles. The normalized spacial score (nSPS) is 17.2. The van der Waals surface area contributed by atoms with Crippen molar-refractivity contribution in [3.8, 4) is 6.07 Å². The topological polar surface area (TPSA) is 107 Å². The van der Waals surface area contributed by atoms with E-state index in [1.165, 1.54) is 0 Å². The molecule has 25 heavy (non-hydrogen) atoms. The minimum atomic E-state index is -0.0986. The number of nitrogens with one attached hydrogen (secondary N) is 2. The van der Waals surface area contributed by atoms with Crippen molar-refractivity contribution in [2.45, 2.75) is 13.3 Å². The number of nitrogens with zero attached hydrogens (tertiary/aromatic N) is 4. The van der Waals surface area contributed by atoms with Crippen LogP contribution in [0.4, 0.5) is 11.7 Å². The van der Waals surface area contributed by atoms with Gasteiger partial charge < -0.3 is 9.84 Å². The molecule has 1 aliphatic heterocycles. The molecule has 2 N–H and O–H groups in total. The van der Waals surface area contributed by atoms with Gasteiger partial charge in [-0.25, -0.2) is 4.98 Å². The number of pyridine rings is 1. The molecule has 0 bridgehead atoms. The van der Waals surface area contributed by atoms with Crippen molar-refractivity contribution in [1.29, 1.82) is 5.26 Å². The van der Waals surface area contributed by atoms with E-state index in [0.717, 1.165) is 37.6 Å². The Balaban J connectivity index is 1.40. The van der Waals surface area contributed by atoms with Crippen LogP contribution in [0.1, 0.15) is 17.7 Å². The van der Waals surface area contributed by atoms with Gasteiger partial charge in [-0.05, 0) is 37.9 Å². The first kappa shape index (κ1) is 16.9. The quantitative estimate of drug-likeness (QED) is 0.823. The van der Waals surface area contributed by atoms with Crippen LogP contribution < -0.4 is 10.6 Å². The van der Waals surface area contributed by atoms with Crippen molar-refractivity contribution >= 4 is 17.6 Å². The zero-order chi connectivity index (χ0) is 17.6. The van der Waals surface area contributed by atoms with Crippen molar-refractivity contribution in [2.75, 3.05) is 36.8 Å². The average Bonchev–Trinajstić information content (AvgIpc) is 3.22. The molecule has 1 saturated heterocycles. The predicted molar refractivity (Wildman–Crippen MR) is 91.9 cm³/mol. The largest absolute Gasteiger partial charge is 0.370 e. The van der Waals surface area contributed by atoms with E-state index in [2.05, 4.69) is 25.7 Å². The number of nitriles is 1. The highest BCUT2D eigenvalue weighted by atomic mass is 16.5. The van der Waals surface area contributed by atoms with Gasteiger partial charge in [0.05, 0.1) is 17.8 Å². The molecule has 0 unspecified atom stereocenters. The Morgan fingerprint density at radius 3 is 3.08 bits per heavy atom. The van der Waals surface area contributed by atoms with Gasteiger partial charge in [0.25, 0.3) is 0 Å². The lowest BCUT2D eigenvalue weighted by Gasteiger charge is -2.15. The highest BCUT2D eigenvalue weighted by Crippen LogP contribution is 2.17. The van der Waals surface area contributed by atoms with Gasteiger partial charge in [-0.1, -0.05) is 5.16 Å². The third-order valence-corrected chi connectivity index (χ3v) is 4.09. The van der Waals surface area contributed by atoms with Crippen molar-refractivity contribution in [3.05, 3.63) is 35.7 Å². The molecule has 0 saturated carbocycles. The van der Waals surface area contributed by atoms with Gasteiger partial charge in [-0.15, -0.1) is 0 Å². The van der Waals surface area contributed by atoms with Crippen LogP contribution in [0.2, 0.25) is 0 Å². The maximum atomic E-state index is 12.0. The summed E-state index contributed by atoms with van der Waals surface area (Å²) >= 11 is 0. The third kappa shape index (κ3) is 4.78. The molecule has 8 nitrogen and oxygen atoms in total. The van der Waals surface area contributed by atoms with Gasteiger partial charge in [-0.2, -0.15) is 5.26 Å². The molecular formula is C17H20N6O2. The summed E-state index contributed by atoms with van der Waals surface area (Å²) in [6.07, 6.45) is 2.58. The highest BCUT2D eigenvalue weighted by Gasteiger charge is 2.24. The van der Waals surface area contributed by atoms with Crippen molar-refractivity contribution in [2.24, 2.45) is 5.92 Å². The molecule has 3 heterocycles. The number of carbonyl (C=O) groups excluding carboxylic acids is 1. The van der Waals surface area contributed by atoms with E-state index in [1.54, 1.807) is 31.3 Å². The second kappa shape index (κ2) is 7.77. The Labute approximate surface area is 145 Å². The number of hydrogen-bond donors (Lipinski definition) is 2. The maximum absolute atomic E-state index is 12.0. The van der Waals surface area contributed by atoms with Crippen LogP contribution in [0.15, 0.2) is 28.9 Å². The van der Waals surface area contributed by atoms with Crippen LogP contribution in [-0.4, -0.2) is 47.1 Å². The van der Waals surface area contributed by atoms with Gasteiger partial charge in [0, 0.05) is 25.4 Å². The smallest absolute Gasteiger partial charge is 0.240 e. The Kier molecular flexibility index (Phi) is 5.26. The van der Waals surface area contributed by atoms with Crippen LogP contribution in [0.5, 0.6) is 0 Å². The van der Waals surface area contributed by atoms with E-state index in [1.807, 2.05) is 6.07 Å². The van der Waals surface area contributed by atoms with Gasteiger partial charge in [0.1, 0.15) is 11.9 Å². The first-order chi connectivity index (χ1) is 12.1. The monoisotopic (exact) mass is 340 g/mol. The SMILES string of the molecule is Cc1cc(NC(=O)CN2CC[C@@H](CNc3ccc(C#N)cn3)C2)on1. The summed E-state index contributed by atoms with van der Waals surface area (Å²) in [7, 11) is 0. The van der Waals surface area contributed by atoms with Crippen LogP contribution >= 0.6 is 0 Å². The van der Waals surface area contributed by atoms with E-state index < -0.39 is 0 Å². The predicted octanol–water partition coefficient (Wildman–Crippen LogP) is 1.62.